The number of aromatic nitrogens is 4. The van der Waals surface area contributed by atoms with Crippen molar-refractivity contribution in [2.75, 3.05) is 24.4 Å². The highest BCUT2D eigenvalue weighted by Crippen LogP contribution is 2.35. The average molecular weight is 524 g/mol. The Balaban J connectivity index is 1.53. The van der Waals surface area contributed by atoms with E-state index in [9.17, 15) is 10.1 Å². The summed E-state index contributed by atoms with van der Waals surface area (Å²) < 4.78 is 12.2. The number of benzene rings is 2. The van der Waals surface area contributed by atoms with E-state index in [1.54, 1.807) is 53.3 Å². The van der Waals surface area contributed by atoms with Gasteiger partial charge in [0.25, 0.3) is 0 Å². The first-order valence-electron chi connectivity index (χ1n) is 11.3. The second-order valence-corrected chi connectivity index (χ2v) is 8.75. The predicted molar refractivity (Wildman–Crippen MR) is 145 cm³/mol. The summed E-state index contributed by atoms with van der Waals surface area (Å²) in [6.45, 7) is 0. The third-order valence-electron chi connectivity index (χ3n) is 5.65. The summed E-state index contributed by atoms with van der Waals surface area (Å²) in [5.41, 5.74) is 9.86. The van der Waals surface area contributed by atoms with E-state index < -0.39 is 5.97 Å². The molecule has 11 heteroatoms. The van der Waals surface area contributed by atoms with E-state index in [0.29, 0.717) is 56.1 Å². The van der Waals surface area contributed by atoms with Crippen molar-refractivity contribution in [1.82, 2.24) is 19.6 Å². The van der Waals surface area contributed by atoms with E-state index in [0.717, 1.165) is 5.69 Å². The Morgan fingerprint density at radius 2 is 1.74 bits per heavy atom. The van der Waals surface area contributed by atoms with Crippen LogP contribution in [0.25, 0.3) is 16.9 Å². The van der Waals surface area contributed by atoms with E-state index in [1.807, 2.05) is 30.5 Å². The predicted octanol–water partition coefficient (Wildman–Crippen LogP) is 5.29. The highest BCUT2D eigenvalue weighted by molar-refractivity contribution is 7.98. The van der Waals surface area contributed by atoms with Crippen molar-refractivity contribution in [3.8, 4) is 28.8 Å². The minimum Gasteiger partial charge on any atom is -0.465 e. The van der Waals surface area contributed by atoms with Crippen LogP contribution in [0.3, 0.4) is 0 Å². The zero-order valence-electron chi connectivity index (χ0n) is 20.4. The van der Waals surface area contributed by atoms with Crippen LogP contribution in [0.5, 0.6) is 11.5 Å². The number of hydrogen-bond donors (Lipinski definition) is 2. The van der Waals surface area contributed by atoms with Crippen molar-refractivity contribution >= 4 is 40.6 Å². The van der Waals surface area contributed by atoms with Crippen LogP contribution in [0, 0.1) is 11.3 Å². The molecule has 5 rings (SSSR count). The molecule has 0 radical (unpaired) electrons. The zero-order chi connectivity index (χ0) is 26.6. The van der Waals surface area contributed by atoms with Gasteiger partial charge in [-0.05, 0) is 54.8 Å². The average Bonchev–Trinajstić information content (AvgIpc) is 3.27. The number of thioether (sulfide) groups is 1. The summed E-state index contributed by atoms with van der Waals surface area (Å²) in [6.07, 6.45) is 5.16. The van der Waals surface area contributed by atoms with Crippen molar-refractivity contribution in [1.29, 1.82) is 5.26 Å². The van der Waals surface area contributed by atoms with Gasteiger partial charge in [-0.2, -0.15) is 5.26 Å². The molecule has 0 saturated heterocycles. The van der Waals surface area contributed by atoms with Gasteiger partial charge in [-0.1, -0.05) is 12.1 Å². The summed E-state index contributed by atoms with van der Waals surface area (Å²) in [6, 6.07) is 19.9. The monoisotopic (exact) mass is 523 g/mol. The normalized spacial score (nSPS) is 10.7. The van der Waals surface area contributed by atoms with Gasteiger partial charge in [0.05, 0.1) is 18.4 Å². The number of esters is 1. The van der Waals surface area contributed by atoms with E-state index >= 15 is 0 Å². The topological polar surface area (TPSA) is 140 Å². The van der Waals surface area contributed by atoms with Gasteiger partial charge in [0.1, 0.15) is 33.8 Å². The number of anilines is 3. The molecule has 0 saturated carbocycles. The van der Waals surface area contributed by atoms with Crippen molar-refractivity contribution in [3.05, 3.63) is 84.2 Å². The Kier molecular flexibility index (Phi) is 6.80. The second-order valence-electron chi connectivity index (χ2n) is 7.96. The molecule has 0 spiro atoms. The Morgan fingerprint density at radius 3 is 2.37 bits per heavy atom. The maximum absolute atomic E-state index is 11.9. The molecule has 10 nitrogen and oxygen atoms in total. The Morgan fingerprint density at radius 1 is 1.05 bits per heavy atom. The maximum atomic E-state index is 11.9. The number of fused-ring (bicyclic) bond motifs is 1. The number of pyridine rings is 1. The fourth-order valence-corrected chi connectivity index (χ4v) is 4.34. The van der Waals surface area contributed by atoms with Gasteiger partial charge in [-0.25, -0.2) is 14.3 Å². The first-order valence-corrected chi connectivity index (χ1v) is 12.5. The molecule has 0 amide bonds. The van der Waals surface area contributed by atoms with Crippen LogP contribution in [0.1, 0.15) is 15.9 Å². The molecule has 0 aliphatic heterocycles. The third kappa shape index (κ3) is 4.68. The van der Waals surface area contributed by atoms with Crippen LogP contribution in [0.4, 0.5) is 17.2 Å². The van der Waals surface area contributed by atoms with Crippen LogP contribution in [0.15, 0.2) is 78.1 Å². The van der Waals surface area contributed by atoms with Gasteiger partial charge >= 0.3 is 5.97 Å². The SMILES string of the molecule is COC(=O)c1ccc(-c2c(C#N)c(SC)nc3c(N)c(Nc4ccc(Oc5ccncc5)cc4)nn23)cc1. The van der Waals surface area contributed by atoms with E-state index in [2.05, 4.69) is 26.5 Å². The summed E-state index contributed by atoms with van der Waals surface area (Å²) in [5.74, 6) is 1.28. The Bertz CT molecular complexity index is 1660. The number of carbonyl (C=O) groups is 1. The van der Waals surface area contributed by atoms with E-state index in [-0.39, 0.29) is 0 Å². The molecular formula is C27H21N7O3S. The lowest BCUT2D eigenvalue weighted by atomic mass is 10.1. The fraction of sp³-hybridized carbons (Fsp3) is 0.0741. The lowest BCUT2D eigenvalue weighted by Crippen LogP contribution is -2.04. The standard InChI is InChI=1S/C27H21N7O3S/c1-36-27(35)17-5-3-16(4-6-17)23-21(15-28)26(38-2)32-25-22(29)24(33-34(23)25)31-18-7-9-19(10-8-18)37-20-11-13-30-14-12-20/h3-14H,29H2,1-2H3,(H,31,33). The Hall–Kier alpha value is -5.08. The van der Waals surface area contributed by atoms with Gasteiger partial charge in [-0.3, -0.25) is 4.98 Å². The number of rotatable bonds is 7. The summed E-state index contributed by atoms with van der Waals surface area (Å²) in [7, 11) is 1.32. The molecule has 3 heterocycles. The summed E-state index contributed by atoms with van der Waals surface area (Å²) in [5, 5.41) is 18.4. The third-order valence-corrected chi connectivity index (χ3v) is 6.34. The van der Waals surface area contributed by atoms with Crippen LogP contribution in [-0.4, -0.2) is 38.9 Å². The second kappa shape index (κ2) is 10.5. The molecule has 38 heavy (non-hydrogen) atoms. The fourth-order valence-electron chi connectivity index (χ4n) is 3.82. The molecule has 0 aliphatic rings. The van der Waals surface area contributed by atoms with Crippen LogP contribution in [-0.2, 0) is 4.74 Å². The maximum Gasteiger partial charge on any atom is 0.337 e. The first kappa shape index (κ1) is 24.6. The lowest BCUT2D eigenvalue weighted by Gasteiger charge is -2.11. The summed E-state index contributed by atoms with van der Waals surface area (Å²) >= 11 is 1.34. The first-order chi connectivity index (χ1) is 18.5. The minimum atomic E-state index is -0.450. The largest absolute Gasteiger partial charge is 0.465 e. The van der Waals surface area contributed by atoms with Gasteiger partial charge in [-0.15, -0.1) is 16.9 Å². The molecule has 3 N–H and O–H groups in total. The van der Waals surface area contributed by atoms with Gasteiger partial charge < -0.3 is 20.5 Å². The van der Waals surface area contributed by atoms with Gasteiger partial charge in [0.2, 0.25) is 0 Å². The smallest absolute Gasteiger partial charge is 0.337 e. The highest BCUT2D eigenvalue weighted by Gasteiger charge is 2.22. The van der Waals surface area contributed by atoms with Crippen LogP contribution >= 0.6 is 11.8 Å². The molecule has 3 aromatic heterocycles. The Labute approximate surface area is 222 Å². The lowest BCUT2D eigenvalue weighted by molar-refractivity contribution is 0.0600. The van der Waals surface area contributed by atoms with Crippen molar-refractivity contribution in [2.24, 2.45) is 0 Å². The number of nitriles is 1. The zero-order valence-corrected chi connectivity index (χ0v) is 21.2. The molecule has 2 aromatic carbocycles. The van der Waals surface area contributed by atoms with Gasteiger partial charge in [0, 0.05) is 23.6 Å². The number of nitrogens with one attached hydrogen (secondary N) is 1. The molecule has 0 bridgehead atoms. The molecule has 0 atom stereocenters. The van der Waals surface area contributed by atoms with Gasteiger partial charge in [0.15, 0.2) is 11.5 Å². The summed E-state index contributed by atoms with van der Waals surface area (Å²) in [4.78, 5) is 20.5. The molecular weight excluding hydrogens is 502 g/mol. The molecule has 0 aliphatic carbocycles. The molecule has 0 unspecified atom stereocenters. The number of methoxy groups -OCH3 is 1. The van der Waals surface area contributed by atoms with Crippen molar-refractivity contribution in [3.63, 3.8) is 0 Å². The number of hydrogen-bond acceptors (Lipinski definition) is 10. The van der Waals surface area contributed by atoms with Crippen LogP contribution < -0.4 is 15.8 Å². The number of nitrogen functional groups attached to an aromatic ring is 1. The van der Waals surface area contributed by atoms with E-state index in [4.69, 9.17) is 15.2 Å². The number of nitrogens with two attached hydrogens (primary N) is 1. The molecule has 188 valence electrons. The van der Waals surface area contributed by atoms with E-state index in [1.165, 1.54) is 18.9 Å². The highest BCUT2D eigenvalue weighted by atomic mass is 32.2. The van der Waals surface area contributed by atoms with Crippen molar-refractivity contribution in [2.45, 2.75) is 5.03 Å². The quantitative estimate of drug-likeness (QED) is 0.164. The molecule has 0 fully saturated rings. The number of nitrogens with zero attached hydrogens (tertiary/aromatic N) is 5. The van der Waals surface area contributed by atoms with Crippen LogP contribution in [0.2, 0.25) is 0 Å². The van der Waals surface area contributed by atoms with Crippen molar-refractivity contribution < 1.29 is 14.3 Å². The number of ether oxygens (including phenoxy) is 2. The number of carbonyl (C=O) groups excluding carboxylic acids is 1. The minimum absolute atomic E-state index is 0.328. The molecule has 5 aromatic rings.